The summed E-state index contributed by atoms with van der Waals surface area (Å²) in [6.07, 6.45) is 0.943. The molecule has 0 spiro atoms. The maximum Gasteiger partial charge on any atom is 0.160 e. The third kappa shape index (κ3) is 7.13. The van der Waals surface area contributed by atoms with Gasteiger partial charge in [0.05, 0.1) is 5.70 Å². The molecule has 268 valence electrons. The van der Waals surface area contributed by atoms with Gasteiger partial charge in [0.1, 0.15) is 0 Å². The van der Waals surface area contributed by atoms with Gasteiger partial charge in [-0.2, -0.15) is 0 Å². The van der Waals surface area contributed by atoms with E-state index in [1.54, 1.807) is 0 Å². The molecule has 0 atom stereocenters. The molecule has 0 saturated heterocycles. The molecule has 1 aromatic heterocycles. The zero-order chi connectivity index (χ0) is 37.8. The summed E-state index contributed by atoms with van der Waals surface area (Å²) >= 11 is 1.82. The number of rotatable bonds is 9. The molecular formula is C53H40N2S. The third-order valence-corrected chi connectivity index (χ3v) is 11.8. The summed E-state index contributed by atoms with van der Waals surface area (Å²) in [5.74, 6) is 0.948. The van der Waals surface area contributed by atoms with Gasteiger partial charge in [-0.15, -0.1) is 11.3 Å². The van der Waals surface area contributed by atoms with Crippen molar-refractivity contribution in [2.24, 2.45) is 9.98 Å². The number of nitrogens with zero attached hydrogens (tertiary/aromatic N) is 2. The van der Waals surface area contributed by atoms with E-state index in [0.717, 1.165) is 39.6 Å². The highest BCUT2D eigenvalue weighted by molar-refractivity contribution is 7.25. The normalized spacial score (nSPS) is 12.2. The molecule has 0 fully saturated rings. The Morgan fingerprint density at radius 3 is 1.88 bits per heavy atom. The Bertz CT molecular complexity index is 2840. The first-order valence-corrected chi connectivity index (χ1v) is 19.9. The lowest BCUT2D eigenvalue weighted by Crippen LogP contribution is -2.05. The molecule has 56 heavy (non-hydrogen) atoms. The lowest BCUT2D eigenvalue weighted by Gasteiger charge is -2.18. The van der Waals surface area contributed by atoms with Crippen molar-refractivity contribution in [2.75, 3.05) is 0 Å². The van der Waals surface area contributed by atoms with Gasteiger partial charge < -0.3 is 0 Å². The van der Waals surface area contributed by atoms with Crippen molar-refractivity contribution in [1.82, 2.24) is 0 Å². The quantitative estimate of drug-likeness (QED) is 0.104. The predicted octanol–water partition coefficient (Wildman–Crippen LogP) is 14.2. The lowest BCUT2D eigenvalue weighted by atomic mass is 9.86. The molecule has 9 rings (SSSR count). The van der Waals surface area contributed by atoms with Crippen LogP contribution < -0.4 is 0 Å². The Morgan fingerprint density at radius 1 is 0.536 bits per heavy atom. The number of benzene rings is 8. The number of aliphatic imine (C=N–C) groups is 2. The first-order chi connectivity index (χ1) is 27.6. The Labute approximate surface area is 332 Å². The van der Waals surface area contributed by atoms with Crippen LogP contribution in [-0.2, 0) is 6.42 Å². The van der Waals surface area contributed by atoms with Crippen LogP contribution in [0.2, 0.25) is 0 Å². The summed E-state index contributed by atoms with van der Waals surface area (Å²) in [6, 6.07) is 69.1. The van der Waals surface area contributed by atoms with Gasteiger partial charge >= 0.3 is 0 Å². The number of fused-ring (bicyclic) bond motifs is 4. The average molecular weight is 737 g/mol. The minimum Gasteiger partial charge on any atom is -0.233 e. The molecule has 0 N–H and O–H groups in total. The smallest absolute Gasteiger partial charge is 0.160 e. The minimum atomic E-state index is 0.300. The van der Waals surface area contributed by atoms with Crippen LogP contribution in [0.5, 0.6) is 0 Å². The zero-order valence-electron chi connectivity index (χ0n) is 31.3. The summed E-state index contributed by atoms with van der Waals surface area (Å²) in [7, 11) is 0. The SMILES string of the molecule is C=C(N=C(N=C(C)c1ccccc1)c1cccc2ccccc12)c1cccc2sc3cc(-c4ccc(CC(c5ccccc5)c5ccccc5)cc4)ccc3c12. The standard InChI is InChI=1S/C53H40N2S/c1-36(39-16-6-3-7-17-39)54-53(47-26-14-23-41-22-12-13-24-46(41)47)55-37(2)45-25-15-27-50-52(45)48-33-32-44(35-51(48)56-50)40-30-28-38(29-31-40)34-49(42-18-8-4-9-19-42)43-20-10-5-11-21-43/h3-33,35,49H,2,34H2,1H3. The Hall–Kier alpha value is -6.68. The summed E-state index contributed by atoms with van der Waals surface area (Å²) < 4.78 is 2.45. The topological polar surface area (TPSA) is 24.7 Å². The first-order valence-electron chi connectivity index (χ1n) is 19.1. The van der Waals surface area contributed by atoms with E-state index in [1.807, 2.05) is 36.5 Å². The van der Waals surface area contributed by atoms with E-state index < -0.39 is 0 Å². The summed E-state index contributed by atoms with van der Waals surface area (Å²) in [5.41, 5.74) is 11.1. The molecule has 0 amide bonds. The molecule has 2 nitrogen and oxygen atoms in total. The van der Waals surface area contributed by atoms with Gasteiger partial charge in [0.2, 0.25) is 0 Å². The monoisotopic (exact) mass is 736 g/mol. The fraction of sp³-hybridized carbons (Fsp3) is 0.0566. The summed E-state index contributed by atoms with van der Waals surface area (Å²) in [5, 5.41) is 4.65. The maximum atomic E-state index is 5.24. The Kier molecular flexibility index (Phi) is 9.75. The molecule has 8 aromatic carbocycles. The molecule has 3 heteroatoms. The van der Waals surface area contributed by atoms with Crippen LogP contribution in [0.15, 0.2) is 211 Å². The molecule has 0 aliphatic carbocycles. The number of hydrogen-bond donors (Lipinski definition) is 0. The summed E-state index contributed by atoms with van der Waals surface area (Å²) in [6.45, 7) is 6.61. The van der Waals surface area contributed by atoms with Crippen molar-refractivity contribution in [1.29, 1.82) is 0 Å². The lowest BCUT2D eigenvalue weighted by molar-refractivity contribution is 0.805. The first kappa shape index (κ1) is 35.0. The van der Waals surface area contributed by atoms with Gasteiger partial charge in [-0.25, -0.2) is 9.98 Å². The van der Waals surface area contributed by atoms with E-state index in [9.17, 15) is 0 Å². The summed E-state index contributed by atoms with van der Waals surface area (Å²) in [4.78, 5) is 10.4. The van der Waals surface area contributed by atoms with Crippen molar-refractivity contribution in [3.8, 4) is 11.1 Å². The van der Waals surface area contributed by atoms with E-state index in [1.165, 1.54) is 48.0 Å². The van der Waals surface area contributed by atoms with Crippen LogP contribution in [0.4, 0.5) is 0 Å². The third-order valence-electron chi connectivity index (χ3n) is 10.7. The van der Waals surface area contributed by atoms with Crippen molar-refractivity contribution in [3.63, 3.8) is 0 Å². The van der Waals surface area contributed by atoms with Gasteiger partial charge in [0.25, 0.3) is 0 Å². The van der Waals surface area contributed by atoms with Gasteiger partial charge in [-0.1, -0.05) is 189 Å². The average Bonchev–Trinajstić information content (AvgIpc) is 3.64. The van der Waals surface area contributed by atoms with E-state index in [4.69, 9.17) is 9.98 Å². The Morgan fingerprint density at radius 2 is 1.14 bits per heavy atom. The van der Waals surface area contributed by atoms with Crippen LogP contribution in [0, 0.1) is 0 Å². The van der Waals surface area contributed by atoms with Crippen LogP contribution in [0.1, 0.15) is 46.2 Å². The van der Waals surface area contributed by atoms with Crippen molar-refractivity contribution >= 4 is 59.5 Å². The molecule has 0 saturated carbocycles. The number of amidine groups is 1. The second-order valence-corrected chi connectivity index (χ2v) is 15.3. The molecule has 0 unspecified atom stereocenters. The molecule has 0 bridgehead atoms. The highest BCUT2D eigenvalue weighted by atomic mass is 32.1. The van der Waals surface area contributed by atoms with Crippen LogP contribution >= 0.6 is 11.3 Å². The minimum absolute atomic E-state index is 0.300. The van der Waals surface area contributed by atoms with E-state index in [2.05, 4.69) is 183 Å². The highest BCUT2D eigenvalue weighted by Gasteiger charge is 2.17. The molecule has 0 aliphatic rings. The molecule has 1 heterocycles. The van der Waals surface area contributed by atoms with E-state index >= 15 is 0 Å². The van der Waals surface area contributed by atoms with Gasteiger partial charge in [-0.3, -0.25) is 0 Å². The fourth-order valence-corrected chi connectivity index (χ4v) is 8.94. The molecule has 0 radical (unpaired) electrons. The second kappa shape index (κ2) is 15.6. The van der Waals surface area contributed by atoms with Crippen molar-refractivity contribution < 1.29 is 0 Å². The largest absolute Gasteiger partial charge is 0.233 e. The van der Waals surface area contributed by atoms with Crippen LogP contribution in [0.3, 0.4) is 0 Å². The van der Waals surface area contributed by atoms with E-state index in [-0.39, 0.29) is 0 Å². The second-order valence-electron chi connectivity index (χ2n) is 14.2. The fourth-order valence-electron chi connectivity index (χ4n) is 7.77. The number of hydrogen-bond acceptors (Lipinski definition) is 2. The molecular weight excluding hydrogens is 697 g/mol. The Balaban J connectivity index is 1.05. The zero-order valence-corrected chi connectivity index (χ0v) is 32.1. The maximum absolute atomic E-state index is 5.24. The van der Waals surface area contributed by atoms with Crippen molar-refractivity contribution in [3.05, 3.63) is 234 Å². The predicted molar refractivity (Wildman–Crippen MR) is 241 cm³/mol. The van der Waals surface area contributed by atoms with Gasteiger partial charge in [0, 0.05) is 42.9 Å². The van der Waals surface area contributed by atoms with E-state index in [0.29, 0.717) is 17.5 Å². The van der Waals surface area contributed by atoms with Crippen LogP contribution in [0.25, 0.3) is 47.8 Å². The van der Waals surface area contributed by atoms with Gasteiger partial charge in [-0.05, 0) is 69.6 Å². The van der Waals surface area contributed by atoms with Gasteiger partial charge in [0.15, 0.2) is 5.84 Å². The highest BCUT2D eigenvalue weighted by Crippen LogP contribution is 2.40. The molecule has 0 aliphatic heterocycles. The number of thiophene rings is 1. The van der Waals surface area contributed by atoms with Crippen molar-refractivity contribution in [2.45, 2.75) is 19.3 Å². The van der Waals surface area contributed by atoms with Crippen LogP contribution in [-0.4, -0.2) is 11.5 Å². The molecule has 9 aromatic rings.